The first-order valence-corrected chi connectivity index (χ1v) is 8.81. The third-order valence-electron chi connectivity index (χ3n) is 4.86. The maximum Gasteiger partial charge on any atom is 0.167 e. The van der Waals surface area contributed by atoms with E-state index in [2.05, 4.69) is 5.32 Å². The van der Waals surface area contributed by atoms with Crippen LogP contribution in [0.15, 0.2) is 42.5 Å². The van der Waals surface area contributed by atoms with E-state index in [-0.39, 0.29) is 18.0 Å². The molecular formula is C21H25NO2. The van der Waals surface area contributed by atoms with E-state index in [1.165, 1.54) is 32.1 Å². The van der Waals surface area contributed by atoms with Crippen molar-refractivity contribution in [1.29, 1.82) is 0 Å². The third kappa shape index (κ3) is 3.97. The van der Waals surface area contributed by atoms with Crippen molar-refractivity contribution in [1.82, 2.24) is 0 Å². The second kappa shape index (κ2) is 7.52. The molecule has 0 atom stereocenters. The predicted octanol–water partition coefficient (Wildman–Crippen LogP) is 4.87. The third-order valence-corrected chi connectivity index (χ3v) is 4.86. The summed E-state index contributed by atoms with van der Waals surface area (Å²) in [5.74, 6) is 0.231. The lowest BCUT2D eigenvalue weighted by atomic mass is 9.95. The number of aryl methyl sites for hydroxylation is 1. The van der Waals surface area contributed by atoms with Crippen LogP contribution in [-0.4, -0.2) is 16.9 Å². The second-order valence-corrected chi connectivity index (χ2v) is 6.74. The molecular weight excluding hydrogens is 298 g/mol. The van der Waals surface area contributed by atoms with E-state index in [4.69, 9.17) is 0 Å². The highest BCUT2D eigenvalue weighted by Crippen LogP contribution is 2.27. The molecule has 24 heavy (non-hydrogen) atoms. The Bertz CT molecular complexity index is 718. The van der Waals surface area contributed by atoms with E-state index in [0.29, 0.717) is 11.6 Å². The highest BCUT2D eigenvalue weighted by molar-refractivity contribution is 5.99. The van der Waals surface area contributed by atoms with Gasteiger partial charge in [-0.1, -0.05) is 49.6 Å². The van der Waals surface area contributed by atoms with Crippen molar-refractivity contribution in [2.24, 2.45) is 0 Å². The van der Waals surface area contributed by atoms with Crippen LogP contribution in [0.5, 0.6) is 5.75 Å². The molecule has 3 heteroatoms. The van der Waals surface area contributed by atoms with Crippen molar-refractivity contribution >= 4 is 11.5 Å². The van der Waals surface area contributed by atoms with Gasteiger partial charge in [0.05, 0.1) is 0 Å². The van der Waals surface area contributed by atoms with Crippen molar-refractivity contribution < 1.29 is 9.90 Å². The van der Waals surface area contributed by atoms with Crippen molar-refractivity contribution in [2.75, 3.05) is 5.32 Å². The van der Waals surface area contributed by atoms with Gasteiger partial charge in [-0.3, -0.25) is 4.79 Å². The van der Waals surface area contributed by atoms with Crippen molar-refractivity contribution in [3.63, 3.8) is 0 Å². The van der Waals surface area contributed by atoms with Gasteiger partial charge in [0.25, 0.3) is 0 Å². The summed E-state index contributed by atoms with van der Waals surface area (Å²) in [5, 5.41) is 13.8. The molecule has 3 nitrogen and oxygen atoms in total. The molecule has 0 spiro atoms. The standard InChI is InChI=1S/C21H25NO2/c1-15-7-5-6-10-19(15)21(24)13-16-11-12-18(14-20(16)23)22-17-8-3-2-4-9-17/h5-7,10-12,14,17,22-23H,2-4,8-9,13H2,1H3. The number of phenols is 1. The van der Waals surface area contributed by atoms with E-state index >= 15 is 0 Å². The van der Waals surface area contributed by atoms with Gasteiger partial charge >= 0.3 is 0 Å². The fourth-order valence-electron chi connectivity index (χ4n) is 3.44. The molecule has 0 bridgehead atoms. The van der Waals surface area contributed by atoms with Gasteiger partial charge < -0.3 is 10.4 Å². The number of phenolic OH excluding ortho intramolecular Hbond substituents is 1. The average Bonchev–Trinajstić information content (AvgIpc) is 2.58. The first-order valence-electron chi connectivity index (χ1n) is 8.81. The number of ketones is 1. The molecule has 3 rings (SSSR count). The molecule has 0 saturated heterocycles. The van der Waals surface area contributed by atoms with E-state index in [1.807, 2.05) is 43.3 Å². The Morgan fingerprint density at radius 2 is 1.88 bits per heavy atom. The average molecular weight is 323 g/mol. The van der Waals surface area contributed by atoms with Crippen LogP contribution in [0.1, 0.15) is 53.6 Å². The zero-order valence-corrected chi connectivity index (χ0v) is 14.2. The Kier molecular flexibility index (Phi) is 5.19. The summed E-state index contributed by atoms with van der Waals surface area (Å²) in [6.45, 7) is 1.93. The number of aromatic hydroxyl groups is 1. The Hall–Kier alpha value is -2.29. The summed E-state index contributed by atoms with van der Waals surface area (Å²) in [6, 6.07) is 13.6. The van der Waals surface area contributed by atoms with Gasteiger partial charge in [-0.2, -0.15) is 0 Å². The molecule has 0 amide bonds. The summed E-state index contributed by atoms with van der Waals surface area (Å²) in [7, 11) is 0. The van der Waals surface area contributed by atoms with Crippen LogP contribution >= 0.6 is 0 Å². The normalized spacial score (nSPS) is 15.2. The number of carbonyl (C=O) groups is 1. The number of hydrogen-bond acceptors (Lipinski definition) is 3. The Labute approximate surface area is 143 Å². The van der Waals surface area contributed by atoms with Gasteiger partial charge in [-0.05, 0) is 31.4 Å². The molecule has 0 aliphatic heterocycles. The van der Waals surface area contributed by atoms with Gasteiger partial charge in [-0.15, -0.1) is 0 Å². The lowest BCUT2D eigenvalue weighted by Gasteiger charge is -2.24. The van der Waals surface area contributed by atoms with E-state index in [0.717, 1.165) is 16.8 Å². The molecule has 2 N–H and O–H groups in total. The molecule has 1 saturated carbocycles. The Balaban J connectivity index is 1.68. The molecule has 2 aromatic carbocycles. The Morgan fingerprint density at radius 1 is 1.12 bits per heavy atom. The lowest BCUT2D eigenvalue weighted by molar-refractivity contribution is 0.0991. The Morgan fingerprint density at radius 3 is 2.58 bits per heavy atom. The molecule has 1 aliphatic carbocycles. The summed E-state index contributed by atoms with van der Waals surface area (Å²) < 4.78 is 0. The minimum atomic E-state index is 0.0383. The molecule has 2 aromatic rings. The van der Waals surface area contributed by atoms with Gasteiger partial charge in [0, 0.05) is 35.3 Å². The summed E-state index contributed by atoms with van der Waals surface area (Å²) >= 11 is 0. The van der Waals surface area contributed by atoms with Crippen LogP contribution in [0.3, 0.4) is 0 Å². The van der Waals surface area contributed by atoms with E-state index in [9.17, 15) is 9.90 Å². The van der Waals surface area contributed by atoms with Crippen LogP contribution in [0.25, 0.3) is 0 Å². The summed E-state index contributed by atoms with van der Waals surface area (Å²) in [6.07, 6.45) is 6.46. The fourth-order valence-corrected chi connectivity index (χ4v) is 3.44. The second-order valence-electron chi connectivity index (χ2n) is 6.74. The van der Waals surface area contributed by atoms with Crippen LogP contribution in [-0.2, 0) is 6.42 Å². The number of carbonyl (C=O) groups excluding carboxylic acids is 1. The molecule has 0 radical (unpaired) electrons. The van der Waals surface area contributed by atoms with Gasteiger partial charge in [-0.25, -0.2) is 0 Å². The highest BCUT2D eigenvalue weighted by Gasteiger charge is 2.15. The quantitative estimate of drug-likeness (QED) is 0.772. The first-order chi connectivity index (χ1) is 11.6. The fraction of sp³-hybridized carbons (Fsp3) is 0.381. The molecule has 0 heterocycles. The number of nitrogens with one attached hydrogen (secondary N) is 1. The van der Waals surface area contributed by atoms with Crippen molar-refractivity contribution in [2.45, 2.75) is 51.5 Å². The predicted molar refractivity (Wildman–Crippen MR) is 97.8 cm³/mol. The molecule has 126 valence electrons. The van der Waals surface area contributed by atoms with E-state index in [1.54, 1.807) is 6.07 Å². The largest absolute Gasteiger partial charge is 0.508 e. The minimum absolute atomic E-state index is 0.0383. The molecule has 1 aliphatic rings. The molecule has 0 unspecified atom stereocenters. The van der Waals surface area contributed by atoms with Gasteiger partial charge in [0.1, 0.15) is 5.75 Å². The van der Waals surface area contributed by atoms with Gasteiger partial charge in [0.15, 0.2) is 5.78 Å². The molecule has 1 fully saturated rings. The smallest absolute Gasteiger partial charge is 0.167 e. The SMILES string of the molecule is Cc1ccccc1C(=O)Cc1ccc(NC2CCCCC2)cc1O. The topological polar surface area (TPSA) is 49.3 Å². The van der Waals surface area contributed by atoms with Crippen LogP contribution in [0.4, 0.5) is 5.69 Å². The maximum atomic E-state index is 12.5. The lowest BCUT2D eigenvalue weighted by Crippen LogP contribution is -2.22. The molecule has 0 aromatic heterocycles. The van der Waals surface area contributed by atoms with Crippen LogP contribution in [0, 0.1) is 6.92 Å². The number of rotatable bonds is 5. The number of hydrogen-bond donors (Lipinski definition) is 2. The van der Waals surface area contributed by atoms with Gasteiger partial charge in [0.2, 0.25) is 0 Å². The van der Waals surface area contributed by atoms with Crippen LogP contribution in [0.2, 0.25) is 0 Å². The number of Topliss-reactive ketones (excluding diaryl/α,β-unsaturated/α-hetero) is 1. The van der Waals surface area contributed by atoms with Crippen molar-refractivity contribution in [3.8, 4) is 5.75 Å². The first kappa shape index (κ1) is 16.6. The van der Waals surface area contributed by atoms with E-state index < -0.39 is 0 Å². The van der Waals surface area contributed by atoms with Crippen LogP contribution < -0.4 is 5.32 Å². The number of benzene rings is 2. The monoisotopic (exact) mass is 323 g/mol. The highest BCUT2D eigenvalue weighted by atomic mass is 16.3. The minimum Gasteiger partial charge on any atom is -0.508 e. The zero-order valence-electron chi connectivity index (χ0n) is 14.2. The van der Waals surface area contributed by atoms with Crippen molar-refractivity contribution in [3.05, 3.63) is 59.2 Å². The summed E-state index contributed by atoms with van der Waals surface area (Å²) in [4.78, 5) is 12.5. The maximum absolute atomic E-state index is 12.5. The summed E-state index contributed by atoms with van der Waals surface area (Å²) in [5.41, 5.74) is 3.31. The zero-order chi connectivity index (χ0) is 16.9. The number of anilines is 1.